The molecule has 0 aliphatic rings. The van der Waals surface area contributed by atoms with Crippen molar-refractivity contribution in [2.75, 3.05) is 25.5 Å². The SMILES string of the molecule is CNCCNc1nc(C)cc(C)c1C(N)=O. The van der Waals surface area contributed by atoms with Crippen molar-refractivity contribution in [1.82, 2.24) is 10.3 Å². The van der Waals surface area contributed by atoms with E-state index >= 15 is 0 Å². The van der Waals surface area contributed by atoms with E-state index in [-0.39, 0.29) is 0 Å². The molecular formula is C11H18N4O. The van der Waals surface area contributed by atoms with Gasteiger partial charge in [-0.15, -0.1) is 0 Å². The lowest BCUT2D eigenvalue weighted by Crippen LogP contribution is -2.22. The maximum Gasteiger partial charge on any atom is 0.252 e. The second-order valence-corrected chi connectivity index (χ2v) is 3.70. The van der Waals surface area contributed by atoms with Gasteiger partial charge in [0.15, 0.2) is 0 Å². The molecule has 16 heavy (non-hydrogen) atoms. The van der Waals surface area contributed by atoms with E-state index in [1.807, 2.05) is 27.0 Å². The number of primary amides is 1. The van der Waals surface area contributed by atoms with Gasteiger partial charge in [0.05, 0.1) is 5.56 Å². The van der Waals surface area contributed by atoms with Crippen LogP contribution in [0.1, 0.15) is 21.6 Å². The third kappa shape index (κ3) is 2.93. The van der Waals surface area contributed by atoms with Crippen LogP contribution in [0.3, 0.4) is 0 Å². The molecule has 0 aliphatic carbocycles. The molecule has 0 radical (unpaired) electrons. The van der Waals surface area contributed by atoms with Gasteiger partial charge in [-0.1, -0.05) is 0 Å². The summed E-state index contributed by atoms with van der Waals surface area (Å²) in [6.07, 6.45) is 0. The molecule has 0 saturated carbocycles. The largest absolute Gasteiger partial charge is 0.368 e. The molecule has 1 aromatic heterocycles. The van der Waals surface area contributed by atoms with Crippen LogP contribution < -0.4 is 16.4 Å². The molecule has 0 spiro atoms. The number of carbonyl (C=O) groups excluding carboxylic acids is 1. The van der Waals surface area contributed by atoms with Crippen molar-refractivity contribution in [1.29, 1.82) is 0 Å². The number of aryl methyl sites for hydroxylation is 2. The van der Waals surface area contributed by atoms with Gasteiger partial charge >= 0.3 is 0 Å². The van der Waals surface area contributed by atoms with E-state index in [1.54, 1.807) is 0 Å². The zero-order chi connectivity index (χ0) is 12.1. The molecule has 0 atom stereocenters. The van der Waals surface area contributed by atoms with E-state index in [2.05, 4.69) is 15.6 Å². The quantitative estimate of drug-likeness (QED) is 0.631. The number of amides is 1. The van der Waals surface area contributed by atoms with Gasteiger partial charge in [-0.25, -0.2) is 4.98 Å². The minimum absolute atomic E-state index is 0.447. The topological polar surface area (TPSA) is 80.0 Å². The number of carbonyl (C=O) groups is 1. The van der Waals surface area contributed by atoms with Gasteiger partial charge in [0, 0.05) is 18.8 Å². The summed E-state index contributed by atoms with van der Waals surface area (Å²) in [4.78, 5) is 15.6. The van der Waals surface area contributed by atoms with Crippen molar-refractivity contribution in [3.8, 4) is 0 Å². The van der Waals surface area contributed by atoms with Gasteiger partial charge in [-0.3, -0.25) is 4.79 Å². The Morgan fingerprint density at radius 2 is 2.12 bits per heavy atom. The molecule has 1 rings (SSSR count). The van der Waals surface area contributed by atoms with Gasteiger partial charge in [-0.05, 0) is 32.5 Å². The van der Waals surface area contributed by atoms with E-state index in [1.165, 1.54) is 0 Å². The highest BCUT2D eigenvalue weighted by atomic mass is 16.1. The lowest BCUT2D eigenvalue weighted by molar-refractivity contribution is 0.1000. The predicted octanol–water partition coefficient (Wildman–Crippen LogP) is 0.429. The molecule has 88 valence electrons. The molecule has 0 fully saturated rings. The molecule has 1 amide bonds. The minimum atomic E-state index is -0.447. The Balaban J connectivity index is 2.99. The Hall–Kier alpha value is -1.62. The summed E-state index contributed by atoms with van der Waals surface area (Å²) in [5, 5.41) is 6.11. The van der Waals surface area contributed by atoms with E-state index < -0.39 is 5.91 Å². The van der Waals surface area contributed by atoms with Crippen molar-refractivity contribution in [3.63, 3.8) is 0 Å². The molecule has 0 saturated heterocycles. The van der Waals surface area contributed by atoms with E-state index in [0.717, 1.165) is 17.8 Å². The highest BCUT2D eigenvalue weighted by Gasteiger charge is 2.13. The Labute approximate surface area is 95.4 Å². The summed E-state index contributed by atoms with van der Waals surface area (Å²) in [7, 11) is 1.87. The van der Waals surface area contributed by atoms with Crippen molar-refractivity contribution in [3.05, 3.63) is 22.9 Å². The highest BCUT2D eigenvalue weighted by Crippen LogP contribution is 2.17. The zero-order valence-corrected chi connectivity index (χ0v) is 9.92. The number of pyridine rings is 1. The number of nitrogens with one attached hydrogen (secondary N) is 2. The number of nitrogens with zero attached hydrogens (tertiary/aromatic N) is 1. The highest BCUT2D eigenvalue weighted by molar-refractivity contribution is 5.99. The van der Waals surface area contributed by atoms with Gasteiger partial charge in [0.2, 0.25) is 0 Å². The predicted molar refractivity (Wildman–Crippen MR) is 64.6 cm³/mol. The molecule has 1 aromatic rings. The first-order chi connectivity index (χ1) is 7.56. The first kappa shape index (κ1) is 12.4. The van der Waals surface area contributed by atoms with Crippen LogP contribution in [0.2, 0.25) is 0 Å². The Kier molecular flexibility index (Phi) is 4.25. The van der Waals surface area contributed by atoms with Crippen molar-refractivity contribution < 1.29 is 4.79 Å². The maximum atomic E-state index is 11.3. The van der Waals surface area contributed by atoms with Crippen molar-refractivity contribution in [2.45, 2.75) is 13.8 Å². The Morgan fingerprint density at radius 3 is 2.69 bits per heavy atom. The van der Waals surface area contributed by atoms with Crippen molar-refractivity contribution >= 4 is 11.7 Å². The van der Waals surface area contributed by atoms with Crippen LogP contribution >= 0.6 is 0 Å². The third-order valence-corrected chi connectivity index (χ3v) is 2.26. The van der Waals surface area contributed by atoms with Gasteiger partial charge in [0.1, 0.15) is 5.82 Å². The molecule has 0 bridgehead atoms. The lowest BCUT2D eigenvalue weighted by atomic mass is 10.1. The van der Waals surface area contributed by atoms with E-state index in [4.69, 9.17) is 5.73 Å². The van der Waals surface area contributed by atoms with Crippen LogP contribution in [0, 0.1) is 13.8 Å². The molecule has 0 aliphatic heterocycles. The number of aromatic nitrogens is 1. The lowest BCUT2D eigenvalue weighted by Gasteiger charge is -2.12. The first-order valence-electron chi connectivity index (χ1n) is 5.22. The van der Waals surface area contributed by atoms with Crippen LogP contribution in [0.15, 0.2) is 6.07 Å². The summed E-state index contributed by atoms with van der Waals surface area (Å²) in [5.41, 5.74) is 7.53. The second-order valence-electron chi connectivity index (χ2n) is 3.70. The molecule has 5 heteroatoms. The molecule has 0 unspecified atom stereocenters. The second kappa shape index (κ2) is 5.46. The van der Waals surface area contributed by atoms with Gasteiger partial charge < -0.3 is 16.4 Å². The van der Waals surface area contributed by atoms with Crippen LogP contribution in [0.4, 0.5) is 5.82 Å². The Bertz CT molecular complexity index is 390. The summed E-state index contributed by atoms with van der Waals surface area (Å²) in [6, 6.07) is 1.85. The fourth-order valence-electron chi connectivity index (χ4n) is 1.58. The van der Waals surface area contributed by atoms with Gasteiger partial charge in [-0.2, -0.15) is 0 Å². The fraction of sp³-hybridized carbons (Fsp3) is 0.455. The number of nitrogens with two attached hydrogens (primary N) is 1. The molecule has 1 heterocycles. The van der Waals surface area contributed by atoms with Crippen LogP contribution in [0.25, 0.3) is 0 Å². The summed E-state index contributed by atoms with van der Waals surface area (Å²) in [6.45, 7) is 5.25. The third-order valence-electron chi connectivity index (χ3n) is 2.26. The average Bonchev–Trinajstić information content (AvgIpc) is 2.16. The zero-order valence-electron chi connectivity index (χ0n) is 9.92. The number of hydrogen-bond donors (Lipinski definition) is 3. The smallest absolute Gasteiger partial charge is 0.252 e. The van der Waals surface area contributed by atoms with Crippen LogP contribution in [0.5, 0.6) is 0 Å². The van der Waals surface area contributed by atoms with Crippen LogP contribution in [-0.2, 0) is 0 Å². The first-order valence-corrected chi connectivity index (χ1v) is 5.22. The molecule has 5 nitrogen and oxygen atoms in total. The van der Waals surface area contributed by atoms with Gasteiger partial charge in [0.25, 0.3) is 5.91 Å². The molecule has 0 aromatic carbocycles. The molecular weight excluding hydrogens is 204 g/mol. The monoisotopic (exact) mass is 222 g/mol. The normalized spacial score (nSPS) is 10.2. The standard InChI is InChI=1S/C11H18N4O/c1-7-6-8(2)15-11(9(7)10(12)16)14-5-4-13-3/h6,13H,4-5H2,1-3H3,(H2,12,16)(H,14,15). The number of hydrogen-bond acceptors (Lipinski definition) is 4. The fourth-order valence-corrected chi connectivity index (χ4v) is 1.58. The minimum Gasteiger partial charge on any atom is -0.368 e. The number of rotatable bonds is 5. The van der Waals surface area contributed by atoms with E-state index in [0.29, 0.717) is 17.9 Å². The summed E-state index contributed by atoms with van der Waals surface area (Å²) in [5.74, 6) is 0.122. The number of likely N-dealkylation sites (N-methyl/N-ethyl adjacent to an activating group) is 1. The van der Waals surface area contributed by atoms with E-state index in [9.17, 15) is 4.79 Å². The number of anilines is 1. The average molecular weight is 222 g/mol. The summed E-state index contributed by atoms with van der Waals surface area (Å²) >= 11 is 0. The Morgan fingerprint density at radius 1 is 1.44 bits per heavy atom. The van der Waals surface area contributed by atoms with Crippen LogP contribution in [-0.4, -0.2) is 31.0 Å². The molecule has 4 N–H and O–H groups in total. The van der Waals surface area contributed by atoms with Crippen molar-refractivity contribution in [2.24, 2.45) is 5.73 Å². The maximum absolute atomic E-state index is 11.3. The summed E-state index contributed by atoms with van der Waals surface area (Å²) < 4.78 is 0.